The minimum Gasteiger partial charge on any atom is -0.451 e. The highest BCUT2D eigenvalue weighted by Gasteiger charge is 2.56. The molecule has 0 radical (unpaired) electrons. The third-order valence-corrected chi connectivity index (χ3v) is 3.59. The zero-order chi connectivity index (χ0) is 22.7. The summed E-state index contributed by atoms with van der Waals surface area (Å²) in [5.41, 5.74) is 0. The first-order valence-electron chi connectivity index (χ1n) is 7.01. The van der Waals surface area contributed by atoms with E-state index in [4.69, 9.17) is 4.55 Å². The molecule has 0 spiro atoms. The molecule has 0 saturated heterocycles. The Morgan fingerprint density at radius 2 is 1.43 bits per heavy atom. The van der Waals surface area contributed by atoms with Crippen LogP contribution >= 0.6 is 0 Å². The number of carbonyl (C=O) groups is 2. The lowest BCUT2D eigenvalue weighted by Crippen LogP contribution is -2.47. The normalized spacial score (nSPS) is 16.8. The van der Waals surface area contributed by atoms with Crippen molar-refractivity contribution in [2.24, 2.45) is 5.92 Å². The van der Waals surface area contributed by atoms with Crippen molar-refractivity contribution in [3.05, 3.63) is 0 Å². The van der Waals surface area contributed by atoms with Gasteiger partial charge in [0.25, 0.3) is 22.1 Å². The van der Waals surface area contributed by atoms with Crippen molar-refractivity contribution >= 4 is 22.1 Å². The second-order valence-corrected chi connectivity index (χ2v) is 7.19. The van der Waals surface area contributed by atoms with E-state index in [1.165, 1.54) is 0 Å². The SMILES string of the molecule is CC(CC(=O)OC(CS(=O)(=O)O)C(F)(F)F)C(=O)OC(C(C)(F)F)C(F)(F)F. The smallest absolute Gasteiger partial charge is 0.431 e. The van der Waals surface area contributed by atoms with Gasteiger partial charge in [0.05, 0.1) is 12.3 Å². The monoisotopic (exact) mass is 454 g/mol. The summed E-state index contributed by atoms with van der Waals surface area (Å²) in [7, 11) is -5.24. The van der Waals surface area contributed by atoms with Crippen molar-refractivity contribution in [2.45, 2.75) is 50.8 Å². The number of hydrogen-bond donors (Lipinski definition) is 1. The average molecular weight is 454 g/mol. The first-order valence-corrected chi connectivity index (χ1v) is 8.62. The largest absolute Gasteiger partial charge is 0.451 e. The fraction of sp³-hybridized carbons (Fsp3) is 0.833. The summed E-state index contributed by atoms with van der Waals surface area (Å²) in [6, 6.07) is 0. The summed E-state index contributed by atoms with van der Waals surface area (Å²) in [6.45, 7) is 0.483. The predicted octanol–water partition coefficient (Wildman–Crippen LogP) is 2.50. The molecule has 166 valence electrons. The third-order valence-electron chi connectivity index (χ3n) is 2.87. The van der Waals surface area contributed by atoms with Gasteiger partial charge in [-0.15, -0.1) is 0 Å². The Hall–Kier alpha value is -1.71. The molecule has 7 nitrogen and oxygen atoms in total. The van der Waals surface area contributed by atoms with Crippen molar-refractivity contribution in [2.75, 3.05) is 5.75 Å². The maximum Gasteiger partial charge on any atom is 0.431 e. The van der Waals surface area contributed by atoms with E-state index in [1.807, 2.05) is 0 Å². The van der Waals surface area contributed by atoms with Crippen LogP contribution in [0.25, 0.3) is 0 Å². The van der Waals surface area contributed by atoms with Gasteiger partial charge in [-0.05, 0) is 0 Å². The molecule has 16 heteroatoms. The molecule has 0 rings (SSSR count). The molecule has 0 saturated carbocycles. The fourth-order valence-electron chi connectivity index (χ4n) is 1.62. The molecular formula is C12H14F8O7S. The topological polar surface area (TPSA) is 107 Å². The second-order valence-electron chi connectivity index (χ2n) is 5.69. The van der Waals surface area contributed by atoms with Crippen molar-refractivity contribution in [1.29, 1.82) is 0 Å². The standard InChI is InChI=1S/C12H14F8O7S/c1-5(8(22)27-9(10(2,13)14)12(18,19)20)3-7(21)26-6(11(15,16)17)4-28(23,24)25/h5-6,9H,3-4H2,1-2H3,(H,23,24,25). The molecule has 0 aromatic carbocycles. The van der Waals surface area contributed by atoms with Crippen LogP contribution in [0.3, 0.4) is 0 Å². The van der Waals surface area contributed by atoms with Gasteiger partial charge in [0, 0.05) is 6.92 Å². The molecule has 0 aliphatic carbocycles. The van der Waals surface area contributed by atoms with Crippen LogP contribution in [0, 0.1) is 5.92 Å². The summed E-state index contributed by atoms with van der Waals surface area (Å²) in [5, 5.41) is 0. The molecule has 0 bridgehead atoms. The van der Waals surface area contributed by atoms with E-state index in [-0.39, 0.29) is 6.92 Å². The van der Waals surface area contributed by atoms with Crippen LogP contribution in [0.4, 0.5) is 35.1 Å². The maximum atomic E-state index is 12.9. The molecule has 1 N–H and O–H groups in total. The molecule has 0 amide bonds. The van der Waals surface area contributed by atoms with Gasteiger partial charge in [-0.3, -0.25) is 14.1 Å². The van der Waals surface area contributed by atoms with E-state index in [0.29, 0.717) is 6.92 Å². The summed E-state index contributed by atoms with van der Waals surface area (Å²) in [4.78, 5) is 22.9. The second kappa shape index (κ2) is 8.75. The van der Waals surface area contributed by atoms with Gasteiger partial charge in [-0.25, -0.2) is 8.78 Å². The van der Waals surface area contributed by atoms with Crippen LogP contribution < -0.4 is 0 Å². The number of hydrogen-bond acceptors (Lipinski definition) is 6. The van der Waals surface area contributed by atoms with Crippen LogP contribution in [-0.4, -0.2) is 61.1 Å². The Labute approximate surface area is 152 Å². The van der Waals surface area contributed by atoms with Crippen LogP contribution in [0.5, 0.6) is 0 Å². The average Bonchev–Trinajstić information content (AvgIpc) is 2.38. The van der Waals surface area contributed by atoms with Crippen LogP contribution in [0.2, 0.25) is 0 Å². The van der Waals surface area contributed by atoms with Crippen molar-refractivity contribution in [1.82, 2.24) is 0 Å². The van der Waals surface area contributed by atoms with Gasteiger partial charge in [0.15, 0.2) is 0 Å². The molecule has 0 aliphatic rings. The molecule has 0 heterocycles. The number of carbonyl (C=O) groups excluding carboxylic acids is 2. The van der Waals surface area contributed by atoms with E-state index in [9.17, 15) is 53.1 Å². The summed E-state index contributed by atoms with van der Waals surface area (Å²) < 4.78 is 138. The lowest BCUT2D eigenvalue weighted by Gasteiger charge is -2.26. The zero-order valence-corrected chi connectivity index (χ0v) is 14.8. The molecular weight excluding hydrogens is 440 g/mol. The number of esters is 2. The fourth-order valence-corrected chi connectivity index (χ4v) is 2.26. The van der Waals surface area contributed by atoms with Crippen molar-refractivity contribution < 1.29 is 67.2 Å². The van der Waals surface area contributed by atoms with Crippen LogP contribution in [0.1, 0.15) is 20.3 Å². The third kappa shape index (κ3) is 9.48. The lowest BCUT2D eigenvalue weighted by molar-refractivity contribution is -0.274. The van der Waals surface area contributed by atoms with Crippen molar-refractivity contribution in [3.8, 4) is 0 Å². The quantitative estimate of drug-likeness (QED) is 0.341. The molecule has 3 atom stereocenters. The minimum absolute atomic E-state index is 0.194. The maximum absolute atomic E-state index is 12.9. The minimum atomic E-state index is -5.68. The Morgan fingerprint density at radius 1 is 0.964 bits per heavy atom. The first-order chi connectivity index (χ1) is 12.1. The number of ether oxygens (including phenoxy) is 2. The Balaban J connectivity index is 5.11. The van der Waals surface area contributed by atoms with Crippen LogP contribution in [-0.2, 0) is 29.2 Å². The van der Waals surface area contributed by atoms with E-state index in [2.05, 4.69) is 9.47 Å². The summed E-state index contributed by atoms with van der Waals surface area (Å²) in [5.74, 6) is -12.5. The summed E-state index contributed by atoms with van der Waals surface area (Å²) in [6.07, 6.45) is -19.7. The highest BCUT2D eigenvalue weighted by Crippen LogP contribution is 2.35. The molecule has 0 fully saturated rings. The van der Waals surface area contributed by atoms with Gasteiger partial charge in [-0.2, -0.15) is 34.8 Å². The van der Waals surface area contributed by atoms with Crippen LogP contribution in [0.15, 0.2) is 0 Å². The van der Waals surface area contributed by atoms with E-state index < -0.39 is 70.6 Å². The first kappa shape index (κ1) is 26.3. The summed E-state index contributed by atoms with van der Waals surface area (Å²) >= 11 is 0. The zero-order valence-electron chi connectivity index (χ0n) is 14.0. The van der Waals surface area contributed by atoms with Gasteiger partial charge < -0.3 is 9.47 Å². The molecule has 0 aliphatic heterocycles. The van der Waals surface area contributed by atoms with E-state index in [0.717, 1.165) is 0 Å². The Kier molecular flexibility index (Phi) is 8.22. The van der Waals surface area contributed by atoms with Gasteiger partial charge >= 0.3 is 24.3 Å². The molecule has 3 unspecified atom stereocenters. The van der Waals surface area contributed by atoms with Crippen molar-refractivity contribution in [3.63, 3.8) is 0 Å². The number of halogens is 8. The Bertz CT molecular complexity index is 651. The highest BCUT2D eigenvalue weighted by molar-refractivity contribution is 7.85. The Morgan fingerprint density at radius 3 is 1.75 bits per heavy atom. The van der Waals surface area contributed by atoms with E-state index in [1.54, 1.807) is 0 Å². The molecule has 0 aromatic rings. The predicted molar refractivity (Wildman–Crippen MR) is 72.7 cm³/mol. The van der Waals surface area contributed by atoms with Gasteiger partial charge in [0.1, 0.15) is 5.75 Å². The van der Waals surface area contributed by atoms with Gasteiger partial charge in [0.2, 0.25) is 6.10 Å². The van der Waals surface area contributed by atoms with Gasteiger partial charge in [-0.1, -0.05) is 6.92 Å². The highest BCUT2D eigenvalue weighted by atomic mass is 32.2. The number of alkyl halides is 8. The lowest BCUT2D eigenvalue weighted by atomic mass is 10.1. The number of rotatable bonds is 8. The van der Waals surface area contributed by atoms with E-state index >= 15 is 0 Å². The molecule has 0 aromatic heterocycles. The molecule has 28 heavy (non-hydrogen) atoms.